The Morgan fingerprint density at radius 1 is 1.19 bits per heavy atom. The lowest BCUT2D eigenvalue weighted by Crippen LogP contribution is -2.36. The lowest BCUT2D eigenvalue weighted by atomic mass is 9.93. The number of fused-ring (bicyclic) bond motifs is 1. The van der Waals surface area contributed by atoms with Gasteiger partial charge in [0.25, 0.3) is 0 Å². The molecule has 4 nitrogen and oxygen atoms in total. The van der Waals surface area contributed by atoms with Crippen molar-refractivity contribution in [2.45, 2.75) is 12.2 Å². The Labute approximate surface area is 135 Å². The summed E-state index contributed by atoms with van der Waals surface area (Å²) < 4.78 is 11.8. The number of aliphatic hydroxyl groups is 1. The fourth-order valence-corrected chi connectivity index (χ4v) is 2.98. The van der Waals surface area contributed by atoms with Crippen molar-refractivity contribution in [3.63, 3.8) is 0 Å². The van der Waals surface area contributed by atoms with Gasteiger partial charge in [0, 0.05) is 0 Å². The monoisotopic (exact) mass is 396 g/mol. The maximum Gasteiger partial charge on any atom is 0.199 e. The highest BCUT2D eigenvalue weighted by Crippen LogP contribution is 2.38. The van der Waals surface area contributed by atoms with Crippen LogP contribution in [0.2, 0.25) is 0 Å². The van der Waals surface area contributed by atoms with Crippen molar-refractivity contribution in [1.29, 1.82) is 0 Å². The molecule has 0 spiro atoms. The van der Waals surface area contributed by atoms with Crippen LogP contribution in [0.25, 0.3) is 0 Å². The van der Waals surface area contributed by atoms with E-state index in [9.17, 15) is 9.90 Å². The first-order valence-corrected chi connectivity index (χ1v) is 7.51. The standard InChI is InChI=1S/C16H13IO4/c1-20-10-7-5-9(6-8-10)15-14(19)13(18)11-3-2-4-12(17)16(11)21-15/h2-8,14-15,19H,1H3/t14-,15+/m0/s1. The molecule has 0 bridgehead atoms. The fraction of sp³-hybridized carbons (Fsp3) is 0.188. The third kappa shape index (κ3) is 2.51. The van der Waals surface area contributed by atoms with E-state index in [1.807, 2.05) is 6.07 Å². The highest BCUT2D eigenvalue weighted by Gasteiger charge is 2.37. The van der Waals surface area contributed by atoms with E-state index >= 15 is 0 Å². The van der Waals surface area contributed by atoms with Crippen LogP contribution >= 0.6 is 22.6 Å². The molecule has 0 aliphatic carbocycles. The summed E-state index contributed by atoms with van der Waals surface area (Å²) in [6.07, 6.45) is -1.91. The van der Waals surface area contributed by atoms with Crippen molar-refractivity contribution in [3.05, 3.63) is 57.2 Å². The molecule has 0 saturated carbocycles. The Bertz CT molecular complexity index is 681. The zero-order valence-corrected chi connectivity index (χ0v) is 13.4. The molecule has 21 heavy (non-hydrogen) atoms. The minimum Gasteiger partial charge on any atom is -0.497 e. The molecule has 1 heterocycles. The molecule has 108 valence electrons. The summed E-state index contributed by atoms with van der Waals surface area (Å²) in [4.78, 5) is 12.3. The number of para-hydroxylation sites is 1. The highest BCUT2D eigenvalue weighted by atomic mass is 127. The van der Waals surface area contributed by atoms with Gasteiger partial charge in [0.1, 0.15) is 11.5 Å². The molecule has 0 radical (unpaired) electrons. The number of hydrogen-bond acceptors (Lipinski definition) is 4. The van der Waals surface area contributed by atoms with Gasteiger partial charge in [-0.15, -0.1) is 0 Å². The van der Waals surface area contributed by atoms with Crippen LogP contribution in [0.3, 0.4) is 0 Å². The van der Waals surface area contributed by atoms with Crippen LogP contribution in [0.15, 0.2) is 42.5 Å². The SMILES string of the molecule is COc1ccc([C@H]2Oc3c(I)cccc3C(=O)[C@@H]2O)cc1. The van der Waals surface area contributed by atoms with Crippen molar-refractivity contribution in [2.24, 2.45) is 0 Å². The van der Waals surface area contributed by atoms with Crippen molar-refractivity contribution >= 4 is 28.4 Å². The van der Waals surface area contributed by atoms with Crippen LogP contribution in [0.1, 0.15) is 22.0 Å². The van der Waals surface area contributed by atoms with E-state index in [1.54, 1.807) is 43.5 Å². The van der Waals surface area contributed by atoms with E-state index < -0.39 is 12.2 Å². The molecule has 3 rings (SSSR count). The number of Topliss-reactive ketones (excluding diaryl/α,β-unsaturated/α-hetero) is 1. The van der Waals surface area contributed by atoms with Gasteiger partial charge in [-0.25, -0.2) is 0 Å². The summed E-state index contributed by atoms with van der Waals surface area (Å²) in [6.45, 7) is 0. The van der Waals surface area contributed by atoms with E-state index in [0.29, 0.717) is 17.1 Å². The molecular weight excluding hydrogens is 383 g/mol. The third-order valence-electron chi connectivity index (χ3n) is 3.48. The van der Waals surface area contributed by atoms with Crippen molar-refractivity contribution in [3.8, 4) is 11.5 Å². The van der Waals surface area contributed by atoms with Gasteiger partial charge in [-0.3, -0.25) is 4.79 Å². The Morgan fingerprint density at radius 3 is 2.57 bits per heavy atom. The second-order valence-electron chi connectivity index (χ2n) is 4.74. The predicted molar refractivity (Wildman–Crippen MR) is 85.9 cm³/mol. The van der Waals surface area contributed by atoms with Crippen LogP contribution in [0.5, 0.6) is 11.5 Å². The average molecular weight is 396 g/mol. The van der Waals surface area contributed by atoms with Crippen LogP contribution < -0.4 is 9.47 Å². The van der Waals surface area contributed by atoms with Crippen molar-refractivity contribution in [2.75, 3.05) is 7.11 Å². The lowest BCUT2D eigenvalue weighted by molar-refractivity contribution is 0.0212. The van der Waals surface area contributed by atoms with E-state index in [1.165, 1.54) is 0 Å². The summed E-state index contributed by atoms with van der Waals surface area (Å²) in [5, 5.41) is 10.2. The molecule has 1 aliphatic rings. The minimum absolute atomic E-state index is 0.310. The first kappa shape index (κ1) is 14.3. The number of benzene rings is 2. The first-order valence-electron chi connectivity index (χ1n) is 6.43. The fourth-order valence-electron chi connectivity index (χ4n) is 2.35. The average Bonchev–Trinajstić information content (AvgIpc) is 2.51. The van der Waals surface area contributed by atoms with Gasteiger partial charge in [0.2, 0.25) is 0 Å². The molecule has 2 atom stereocenters. The molecule has 2 aromatic carbocycles. The van der Waals surface area contributed by atoms with Crippen LogP contribution in [-0.2, 0) is 0 Å². The van der Waals surface area contributed by atoms with Gasteiger partial charge in [-0.05, 0) is 52.4 Å². The Kier molecular flexibility index (Phi) is 3.86. The second kappa shape index (κ2) is 5.65. The lowest BCUT2D eigenvalue weighted by Gasteiger charge is -2.30. The number of methoxy groups -OCH3 is 1. The molecule has 0 fully saturated rings. The maximum atomic E-state index is 12.3. The minimum atomic E-state index is -1.20. The summed E-state index contributed by atoms with van der Waals surface area (Å²) in [6, 6.07) is 12.5. The number of rotatable bonds is 2. The van der Waals surface area contributed by atoms with Gasteiger partial charge >= 0.3 is 0 Å². The van der Waals surface area contributed by atoms with Crippen LogP contribution in [0.4, 0.5) is 0 Å². The molecule has 0 amide bonds. The van der Waals surface area contributed by atoms with Gasteiger partial charge < -0.3 is 14.6 Å². The Morgan fingerprint density at radius 2 is 1.90 bits per heavy atom. The highest BCUT2D eigenvalue weighted by molar-refractivity contribution is 14.1. The van der Waals surface area contributed by atoms with Crippen LogP contribution in [-0.4, -0.2) is 24.1 Å². The van der Waals surface area contributed by atoms with Gasteiger partial charge in [0.15, 0.2) is 18.0 Å². The van der Waals surface area contributed by atoms with Gasteiger partial charge in [-0.2, -0.15) is 0 Å². The number of aliphatic hydroxyl groups excluding tert-OH is 1. The van der Waals surface area contributed by atoms with Crippen molar-refractivity contribution < 1.29 is 19.4 Å². The van der Waals surface area contributed by atoms with E-state index in [-0.39, 0.29) is 5.78 Å². The molecule has 0 unspecified atom stereocenters. The molecule has 0 saturated heterocycles. The van der Waals surface area contributed by atoms with E-state index in [0.717, 1.165) is 9.13 Å². The number of ether oxygens (including phenoxy) is 2. The number of ketones is 1. The summed E-state index contributed by atoms with van der Waals surface area (Å²) in [5.74, 6) is 0.940. The number of carbonyl (C=O) groups excluding carboxylic acids is 1. The zero-order chi connectivity index (χ0) is 15.0. The number of halogens is 1. The summed E-state index contributed by atoms with van der Waals surface area (Å²) in [5.41, 5.74) is 1.17. The third-order valence-corrected chi connectivity index (χ3v) is 4.33. The molecule has 1 aliphatic heterocycles. The topological polar surface area (TPSA) is 55.8 Å². The van der Waals surface area contributed by atoms with Gasteiger partial charge in [0.05, 0.1) is 16.2 Å². The first-order chi connectivity index (χ1) is 10.1. The molecule has 1 N–H and O–H groups in total. The quantitative estimate of drug-likeness (QED) is 0.794. The molecule has 2 aromatic rings. The number of hydrogen-bond donors (Lipinski definition) is 1. The maximum absolute atomic E-state index is 12.3. The van der Waals surface area contributed by atoms with Gasteiger partial charge in [-0.1, -0.05) is 18.2 Å². The second-order valence-corrected chi connectivity index (χ2v) is 5.90. The van der Waals surface area contributed by atoms with Crippen LogP contribution in [0, 0.1) is 3.57 Å². The Hall–Kier alpha value is -1.60. The summed E-state index contributed by atoms with van der Waals surface area (Å²) >= 11 is 2.12. The largest absolute Gasteiger partial charge is 0.497 e. The van der Waals surface area contributed by atoms with Crippen molar-refractivity contribution in [1.82, 2.24) is 0 Å². The van der Waals surface area contributed by atoms with E-state index in [4.69, 9.17) is 9.47 Å². The Balaban J connectivity index is 2.01. The van der Waals surface area contributed by atoms with E-state index in [2.05, 4.69) is 22.6 Å². The number of carbonyl (C=O) groups is 1. The summed E-state index contributed by atoms with van der Waals surface area (Å²) in [7, 11) is 1.59. The zero-order valence-electron chi connectivity index (χ0n) is 11.2. The normalized spacial score (nSPS) is 20.6. The molecule has 0 aromatic heterocycles. The molecule has 5 heteroatoms. The predicted octanol–water partition coefficient (Wildman–Crippen LogP) is 2.98. The molecular formula is C16H13IO4. The smallest absolute Gasteiger partial charge is 0.199 e.